The van der Waals surface area contributed by atoms with Crippen LogP contribution in [-0.4, -0.2) is 31.4 Å². The fraction of sp³-hybridized carbons (Fsp3) is 0.357. The summed E-state index contributed by atoms with van der Waals surface area (Å²) in [5.74, 6) is -1.46. The van der Waals surface area contributed by atoms with Crippen molar-refractivity contribution in [3.63, 3.8) is 0 Å². The highest BCUT2D eigenvalue weighted by molar-refractivity contribution is 6.07. The molecule has 1 rings (SSSR count). The molecule has 0 amide bonds. The van der Waals surface area contributed by atoms with Crippen molar-refractivity contribution in [3.8, 4) is 0 Å². The third kappa shape index (κ3) is 2.99. The van der Waals surface area contributed by atoms with Crippen molar-refractivity contribution in [2.45, 2.75) is 20.8 Å². The largest absolute Gasteiger partial charge is 0.465 e. The maximum absolute atomic E-state index is 11.8. The van der Waals surface area contributed by atoms with E-state index in [2.05, 4.69) is 4.74 Å². The highest BCUT2D eigenvalue weighted by Gasteiger charge is 2.23. The van der Waals surface area contributed by atoms with E-state index in [-0.39, 0.29) is 23.5 Å². The van der Waals surface area contributed by atoms with Crippen LogP contribution in [0.25, 0.3) is 0 Å². The molecule has 0 radical (unpaired) electrons. The Morgan fingerprint density at radius 2 is 1.68 bits per heavy atom. The zero-order valence-corrected chi connectivity index (χ0v) is 11.4. The van der Waals surface area contributed by atoms with E-state index >= 15 is 0 Å². The van der Waals surface area contributed by atoms with Crippen LogP contribution in [0.5, 0.6) is 0 Å². The minimum atomic E-state index is -0.663. The topological polar surface area (TPSA) is 69.7 Å². The molecular formula is C14H16O5. The average Bonchev–Trinajstić information content (AvgIpc) is 2.37. The molecule has 0 atom stereocenters. The molecule has 0 aliphatic carbocycles. The first-order valence-electron chi connectivity index (χ1n) is 5.84. The van der Waals surface area contributed by atoms with Crippen molar-refractivity contribution >= 4 is 17.7 Å². The third-order valence-electron chi connectivity index (χ3n) is 2.73. The van der Waals surface area contributed by atoms with Gasteiger partial charge in [0.2, 0.25) is 0 Å². The van der Waals surface area contributed by atoms with Gasteiger partial charge in [-0.25, -0.2) is 9.59 Å². The molecule has 0 aliphatic heterocycles. The Balaban J connectivity index is 3.48. The smallest absolute Gasteiger partial charge is 0.339 e. The summed E-state index contributed by atoms with van der Waals surface area (Å²) in [5, 5.41) is 0. The number of methoxy groups -OCH3 is 1. The molecule has 0 aliphatic rings. The number of hydrogen-bond donors (Lipinski definition) is 0. The molecule has 5 nitrogen and oxygen atoms in total. The van der Waals surface area contributed by atoms with Crippen LogP contribution in [0, 0.1) is 6.92 Å². The third-order valence-corrected chi connectivity index (χ3v) is 2.73. The van der Waals surface area contributed by atoms with E-state index < -0.39 is 11.9 Å². The Bertz CT molecular complexity index is 531. The van der Waals surface area contributed by atoms with E-state index in [0.29, 0.717) is 11.1 Å². The average molecular weight is 264 g/mol. The van der Waals surface area contributed by atoms with Gasteiger partial charge in [-0.3, -0.25) is 4.79 Å². The van der Waals surface area contributed by atoms with Crippen molar-refractivity contribution in [1.82, 2.24) is 0 Å². The summed E-state index contributed by atoms with van der Waals surface area (Å²) in [6.45, 7) is 4.87. The molecular weight excluding hydrogens is 248 g/mol. The number of hydrogen-bond acceptors (Lipinski definition) is 5. The van der Waals surface area contributed by atoms with Gasteiger partial charge < -0.3 is 9.47 Å². The predicted octanol–water partition coefficient (Wildman–Crippen LogP) is 2.16. The second-order valence-corrected chi connectivity index (χ2v) is 3.93. The Morgan fingerprint density at radius 3 is 2.16 bits per heavy atom. The van der Waals surface area contributed by atoms with Crippen molar-refractivity contribution in [2.24, 2.45) is 0 Å². The number of carbonyl (C=O) groups excluding carboxylic acids is 3. The van der Waals surface area contributed by atoms with Gasteiger partial charge in [0, 0.05) is 5.56 Å². The van der Waals surface area contributed by atoms with Crippen LogP contribution >= 0.6 is 0 Å². The first-order valence-corrected chi connectivity index (χ1v) is 5.84. The molecule has 0 heterocycles. The number of ketones is 1. The molecule has 1 aromatic rings. The zero-order valence-electron chi connectivity index (χ0n) is 11.4. The van der Waals surface area contributed by atoms with Crippen molar-refractivity contribution in [2.75, 3.05) is 13.7 Å². The first kappa shape index (κ1) is 14.9. The molecule has 5 heteroatoms. The maximum Gasteiger partial charge on any atom is 0.339 e. The molecule has 0 bridgehead atoms. The number of rotatable bonds is 4. The van der Waals surface area contributed by atoms with Gasteiger partial charge in [0.25, 0.3) is 0 Å². The summed E-state index contributed by atoms with van der Waals surface area (Å²) in [6, 6.07) is 2.92. The van der Waals surface area contributed by atoms with Gasteiger partial charge in [0.15, 0.2) is 5.78 Å². The zero-order chi connectivity index (χ0) is 14.6. The monoisotopic (exact) mass is 264 g/mol. The van der Waals surface area contributed by atoms with Gasteiger partial charge in [-0.15, -0.1) is 0 Å². The lowest BCUT2D eigenvalue weighted by molar-refractivity contribution is 0.0503. The minimum Gasteiger partial charge on any atom is -0.465 e. The Hall–Kier alpha value is -2.17. The minimum absolute atomic E-state index is 0.0775. The first-order chi connectivity index (χ1) is 8.93. The molecule has 0 saturated carbocycles. The lowest BCUT2D eigenvalue weighted by atomic mass is 9.95. The van der Waals surface area contributed by atoms with Crippen LogP contribution < -0.4 is 0 Å². The van der Waals surface area contributed by atoms with E-state index in [1.807, 2.05) is 0 Å². The quantitative estimate of drug-likeness (QED) is 0.615. The summed E-state index contributed by atoms with van der Waals surface area (Å²) in [7, 11) is 1.22. The molecule has 102 valence electrons. The maximum atomic E-state index is 11.8. The van der Waals surface area contributed by atoms with Crippen LogP contribution in [0.15, 0.2) is 12.1 Å². The number of Topliss-reactive ketones (excluding diaryl/α,β-unsaturated/α-hetero) is 1. The van der Waals surface area contributed by atoms with Crippen LogP contribution in [0.4, 0.5) is 0 Å². The van der Waals surface area contributed by atoms with Gasteiger partial charge in [0.1, 0.15) is 0 Å². The normalized spacial score (nSPS) is 9.89. The van der Waals surface area contributed by atoms with Crippen molar-refractivity contribution < 1.29 is 23.9 Å². The number of esters is 2. The molecule has 19 heavy (non-hydrogen) atoms. The number of benzene rings is 1. The predicted molar refractivity (Wildman–Crippen MR) is 68.5 cm³/mol. The van der Waals surface area contributed by atoms with Gasteiger partial charge in [-0.2, -0.15) is 0 Å². The number of carbonyl (C=O) groups is 3. The van der Waals surface area contributed by atoms with Crippen LogP contribution in [-0.2, 0) is 9.47 Å². The SMILES string of the molecule is CCOC(=O)c1ccc(C(C)=O)c(C)c1C(=O)OC. The Kier molecular flexibility index (Phi) is 4.80. The van der Waals surface area contributed by atoms with E-state index in [4.69, 9.17) is 4.74 Å². The summed E-state index contributed by atoms with van der Waals surface area (Å²) >= 11 is 0. The van der Waals surface area contributed by atoms with E-state index in [0.717, 1.165) is 0 Å². The fourth-order valence-corrected chi connectivity index (χ4v) is 1.84. The Labute approximate surface area is 111 Å². The highest BCUT2D eigenvalue weighted by atomic mass is 16.5. The number of ether oxygens (including phenoxy) is 2. The van der Waals surface area contributed by atoms with E-state index in [9.17, 15) is 14.4 Å². The van der Waals surface area contributed by atoms with Crippen LogP contribution in [0.2, 0.25) is 0 Å². The molecule has 0 N–H and O–H groups in total. The van der Waals surface area contributed by atoms with E-state index in [1.54, 1.807) is 13.8 Å². The fourth-order valence-electron chi connectivity index (χ4n) is 1.84. The molecule has 0 unspecified atom stereocenters. The molecule has 0 fully saturated rings. The van der Waals surface area contributed by atoms with Crippen molar-refractivity contribution in [1.29, 1.82) is 0 Å². The standard InChI is InChI=1S/C14H16O5/c1-5-19-13(16)11-7-6-10(9(3)15)8(2)12(11)14(17)18-4/h6-7H,5H2,1-4H3. The molecule has 0 spiro atoms. The lowest BCUT2D eigenvalue weighted by Gasteiger charge is -2.12. The molecule has 0 aromatic heterocycles. The summed E-state index contributed by atoms with van der Waals surface area (Å²) in [4.78, 5) is 35.1. The molecule has 0 saturated heterocycles. The lowest BCUT2D eigenvalue weighted by Crippen LogP contribution is -2.16. The van der Waals surface area contributed by atoms with Gasteiger partial charge >= 0.3 is 11.9 Å². The second-order valence-electron chi connectivity index (χ2n) is 3.93. The second kappa shape index (κ2) is 6.13. The van der Waals surface area contributed by atoms with Gasteiger partial charge in [-0.1, -0.05) is 6.07 Å². The van der Waals surface area contributed by atoms with E-state index in [1.165, 1.54) is 26.2 Å². The van der Waals surface area contributed by atoms with Crippen LogP contribution in [0.3, 0.4) is 0 Å². The summed E-state index contributed by atoms with van der Waals surface area (Å²) in [5.41, 5.74) is 0.989. The highest BCUT2D eigenvalue weighted by Crippen LogP contribution is 2.21. The molecule has 1 aromatic carbocycles. The summed E-state index contributed by atoms with van der Waals surface area (Å²) in [6.07, 6.45) is 0. The summed E-state index contributed by atoms with van der Waals surface area (Å²) < 4.78 is 9.55. The van der Waals surface area contributed by atoms with Crippen molar-refractivity contribution in [3.05, 3.63) is 34.4 Å². The van der Waals surface area contributed by atoms with Gasteiger partial charge in [-0.05, 0) is 32.4 Å². The Morgan fingerprint density at radius 1 is 1.11 bits per heavy atom. The van der Waals surface area contributed by atoms with Gasteiger partial charge in [0.05, 0.1) is 24.8 Å². The van der Waals surface area contributed by atoms with Crippen LogP contribution in [0.1, 0.15) is 50.5 Å².